The van der Waals surface area contributed by atoms with Crippen molar-refractivity contribution in [3.05, 3.63) is 201 Å². The van der Waals surface area contributed by atoms with Crippen LogP contribution < -0.4 is 58.4 Å². The first kappa shape index (κ1) is 81.5. The number of carbonyl (C=O) groups excluding carboxylic acids is 12. The molecule has 8 amide bonds. The molecule has 0 aliphatic rings. The summed E-state index contributed by atoms with van der Waals surface area (Å²) < 4.78 is 20.7. The molecular formula is C68H71Cl2N9O16S4. The number of halogens is 2. The number of amides is 8. The topological polar surface area (TPSA) is 407 Å². The number of hydrogen-bond acceptors (Lipinski definition) is 21. The maximum atomic E-state index is 12.7. The normalized spacial score (nSPS) is 10.6. The minimum absolute atomic E-state index is 0.0345. The number of pyridine rings is 1. The zero-order chi connectivity index (χ0) is 73.1. The average molecular weight is 1470 g/mol. The minimum Gasteiger partial charge on any atom is -0.497 e. The number of ether oxygens (including phenoxy) is 4. The van der Waals surface area contributed by atoms with E-state index in [4.69, 9.17) is 65.1 Å². The first-order valence-corrected chi connectivity index (χ1v) is 33.5. The third-order valence-corrected chi connectivity index (χ3v) is 17.1. The third kappa shape index (κ3) is 27.9. The molecule has 99 heavy (non-hydrogen) atoms. The van der Waals surface area contributed by atoms with E-state index in [-0.39, 0.29) is 87.2 Å². The number of nitrogens with two attached hydrogens (primary N) is 4. The van der Waals surface area contributed by atoms with Gasteiger partial charge in [0.05, 0.1) is 76.3 Å². The second-order valence-electron chi connectivity index (χ2n) is 20.5. The molecule has 0 saturated heterocycles. The highest BCUT2D eigenvalue weighted by atomic mass is 35.5. The summed E-state index contributed by atoms with van der Waals surface area (Å²) in [5, 5.41) is 9.40. The number of nitrogens with one attached hydrogen (secondary N) is 4. The van der Waals surface area contributed by atoms with Gasteiger partial charge in [-0.25, -0.2) is 4.79 Å². The van der Waals surface area contributed by atoms with Crippen LogP contribution in [0.5, 0.6) is 17.2 Å². The minimum atomic E-state index is -0.793. The summed E-state index contributed by atoms with van der Waals surface area (Å²) >= 11 is 15.6. The van der Waals surface area contributed by atoms with Crippen LogP contribution in [0.25, 0.3) is 0 Å². The summed E-state index contributed by atoms with van der Waals surface area (Å²) in [6.45, 7) is 6.05. The van der Waals surface area contributed by atoms with E-state index < -0.39 is 52.7 Å². The first-order chi connectivity index (χ1) is 47.2. The summed E-state index contributed by atoms with van der Waals surface area (Å²) in [4.78, 5) is 148. The van der Waals surface area contributed by atoms with Crippen LogP contribution in [0.2, 0.25) is 10.0 Å². The van der Waals surface area contributed by atoms with Crippen molar-refractivity contribution in [2.24, 2.45) is 28.9 Å². The van der Waals surface area contributed by atoms with Gasteiger partial charge in [-0.3, -0.25) is 57.7 Å². The van der Waals surface area contributed by atoms with Gasteiger partial charge in [0.1, 0.15) is 23.3 Å². The largest absolute Gasteiger partial charge is 0.497 e. The van der Waals surface area contributed by atoms with E-state index in [0.717, 1.165) is 47.0 Å². The highest BCUT2D eigenvalue weighted by molar-refractivity contribution is 8.15. The Kier molecular flexibility index (Phi) is 35.2. The quantitative estimate of drug-likeness (QED) is 0.0175. The SMILES string of the molecule is CC(C)COC(=O)Sc1ccccc1C(=O)N[C@H](C)C(N)=O.COc1ccc(C(=O)Sc2ccccc2C(=O)NCCC(N)=O)c(OC)c1.COc1cccc(C(=O)NCCC(N)=O)c1SC(=O)c1cccnc1.NC(=O)CCNC(=O)c1ccccc1SC(=O)c1c(Cl)cccc1Cl. The van der Waals surface area contributed by atoms with E-state index in [9.17, 15) is 57.5 Å². The Morgan fingerprint density at radius 3 is 1.40 bits per heavy atom. The fourth-order valence-corrected chi connectivity index (χ4v) is 11.9. The monoisotopic (exact) mass is 1470 g/mol. The second kappa shape index (κ2) is 42.7. The van der Waals surface area contributed by atoms with Crippen LogP contribution in [0, 0.1) is 5.92 Å². The number of methoxy groups -OCH3 is 3. The number of nitrogens with zero attached hydrogens (tertiary/aromatic N) is 1. The molecule has 522 valence electrons. The maximum absolute atomic E-state index is 12.7. The molecule has 6 aromatic carbocycles. The van der Waals surface area contributed by atoms with Crippen molar-refractivity contribution >= 4 is 138 Å². The molecular weight excluding hydrogens is 1400 g/mol. The van der Waals surface area contributed by atoms with Gasteiger partial charge in [-0.15, -0.1) is 0 Å². The van der Waals surface area contributed by atoms with Gasteiger partial charge in [0.15, 0.2) is 0 Å². The number of carbonyl (C=O) groups is 12. The Hall–Kier alpha value is -9.91. The molecule has 7 aromatic rings. The zero-order valence-electron chi connectivity index (χ0n) is 54.2. The molecule has 0 unspecified atom stereocenters. The van der Waals surface area contributed by atoms with Crippen molar-refractivity contribution in [2.45, 2.75) is 65.7 Å². The van der Waals surface area contributed by atoms with Gasteiger partial charge in [-0.1, -0.05) is 85.6 Å². The second-order valence-corrected chi connectivity index (χ2v) is 25.3. The van der Waals surface area contributed by atoms with Crippen LogP contribution in [-0.4, -0.2) is 127 Å². The average Bonchev–Trinajstić information content (AvgIpc) is 0.840. The predicted octanol–water partition coefficient (Wildman–Crippen LogP) is 9.58. The Morgan fingerprint density at radius 1 is 0.475 bits per heavy atom. The van der Waals surface area contributed by atoms with Crippen molar-refractivity contribution in [3.63, 3.8) is 0 Å². The van der Waals surface area contributed by atoms with Gasteiger partial charge in [0.2, 0.25) is 39.0 Å². The molecule has 0 saturated carbocycles. The molecule has 12 N–H and O–H groups in total. The Balaban J connectivity index is 0.000000281. The van der Waals surface area contributed by atoms with Crippen LogP contribution in [0.1, 0.15) is 113 Å². The standard InChI is InChI=1S/C19H20N2O5S.C17H14Cl2N2O3S.C17H17N3O4S.C15H20N2O4S/c1-25-12-7-8-13(15(11-12)26-2)19(24)27-16-6-4-3-5-14(16)18(23)21-10-9-17(20)22;18-11-5-3-6-12(19)15(11)17(24)25-13-7-2-1-4-10(13)16(23)21-9-8-14(20)22;1-24-13-6-2-5-12(16(22)20-9-7-14(18)21)15(13)25-17(23)11-4-3-8-19-10-11;1-9(2)8-21-15(20)22-12-7-5-4-6-11(12)14(19)17-10(3)13(16)18/h3-8,11H,9-10H2,1-2H3,(H2,20,22)(H,21,23);1-7H,8-9H2,(H2,20,22)(H,21,23);2-6,8,10H,7,9H2,1H3,(H2,18,21)(H,20,22);4-7,9-10H,8H2,1-3H3,(H2,16,18)(H,17,19)/t;;;10-/m...1/s1. The molecule has 0 aliphatic carbocycles. The van der Waals surface area contributed by atoms with Gasteiger partial charge < -0.3 is 63.1 Å². The smallest absolute Gasteiger partial charge is 0.372 e. The molecule has 31 heteroatoms. The van der Waals surface area contributed by atoms with E-state index in [1.54, 1.807) is 146 Å². The predicted molar refractivity (Wildman–Crippen MR) is 380 cm³/mol. The van der Waals surface area contributed by atoms with E-state index in [2.05, 4.69) is 26.3 Å². The van der Waals surface area contributed by atoms with E-state index >= 15 is 0 Å². The number of thioether (sulfide) groups is 4. The van der Waals surface area contributed by atoms with Gasteiger partial charge in [0, 0.05) is 77.6 Å². The number of primary amides is 4. The third-order valence-electron chi connectivity index (χ3n) is 12.6. The number of hydrogen-bond donors (Lipinski definition) is 8. The summed E-state index contributed by atoms with van der Waals surface area (Å²) in [5.41, 5.74) is 22.5. The van der Waals surface area contributed by atoms with Crippen LogP contribution >= 0.6 is 70.2 Å². The van der Waals surface area contributed by atoms with Crippen molar-refractivity contribution in [1.29, 1.82) is 0 Å². The zero-order valence-corrected chi connectivity index (χ0v) is 59.0. The molecule has 0 spiro atoms. The van der Waals surface area contributed by atoms with Gasteiger partial charge in [-0.2, -0.15) is 0 Å². The van der Waals surface area contributed by atoms with Crippen LogP contribution in [0.3, 0.4) is 0 Å². The van der Waals surface area contributed by atoms with Gasteiger partial charge in [0.25, 0.3) is 23.6 Å². The van der Waals surface area contributed by atoms with Crippen LogP contribution in [0.4, 0.5) is 4.79 Å². The maximum Gasteiger partial charge on any atom is 0.372 e. The molecule has 1 atom stereocenters. The molecule has 0 fully saturated rings. The fourth-order valence-electron chi connectivity index (χ4n) is 7.67. The van der Waals surface area contributed by atoms with Crippen molar-refractivity contribution < 1.29 is 76.5 Å². The van der Waals surface area contributed by atoms with Crippen molar-refractivity contribution in [3.8, 4) is 17.2 Å². The summed E-state index contributed by atoms with van der Waals surface area (Å²) in [5.74, 6) is -2.21. The molecule has 1 heterocycles. The highest BCUT2D eigenvalue weighted by Crippen LogP contribution is 2.37. The van der Waals surface area contributed by atoms with Crippen molar-refractivity contribution in [2.75, 3.05) is 47.6 Å². The number of rotatable bonds is 27. The van der Waals surface area contributed by atoms with E-state index in [1.165, 1.54) is 34.4 Å². The fraction of sp³-hybridized carbons (Fsp3) is 0.221. The lowest BCUT2D eigenvalue weighted by atomic mass is 10.2. The molecule has 1 aromatic heterocycles. The number of aromatic nitrogens is 1. The van der Waals surface area contributed by atoms with Crippen LogP contribution in [-0.2, 0) is 23.9 Å². The van der Waals surface area contributed by atoms with E-state index in [0.29, 0.717) is 71.3 Å². The summed E-state index contributed by atoms with van der Waals surface area (Å²) in [7, 11) is 4.46. The first-order valence-electron chi connectivity index (χ1n) is 29.5. The Labute approximate surface area is 597 Å². The van der Waals surface area contributed by atoms with Gasteiger partial charge in [-0.05, 0) is 145 Å². The Bertz CT molecular complexity index is 4020. The summed E-state index contributed by atoms with van der Waals surface area (Å²) in [6.07, 6.45) is 3.14. The molecule has 0 aliphatic heterocycles. The lowest BCUT2D eigenvalue weighted by Gasteiger charge is -2.13. The van der Waals surface area contributed by atoms with Gasteiger partial charge >= 0.3 is 5.30 Å². The van der Waals surface area contributed by atoms with E-state index in [1.807, 2.05) is 13.8 Å². The van der Waals surface area contributed by atoms with Crippen molar-refractivity contribution in [1.82, 2.24) is 26.3 Å². The van der Waals surface area contributed by atoms with Crippen LogP contribution in [0.15, 0.2) is 172 Å². The Morgan fingerprint density at radius 2 is 0.939 bits per heavy atom. The molecule has 0 radical (unpaired) electrons. The lowest BCUT2D eigenvalue weighted by Crippen LogP contribution is -2.42. The lowest BCUT2D eigenvalue weighted by molar-refractivity contribution is -0.119. The molecule has 7 rings (SSSR count). The summed E-state index contributed by atoms with van der Waals surface area (Å²) in [6, 6.07) is 37.1. The number of benzene rings is 6. The molecule has 0 bridgehead atoms. The molecule has 25 nitrogen and oxygen atoms in total. The highest BCUT2D eigenvalue weighted by Gasteiger charge is 2.24.